The number of carbonyl (C=O) groups excluding carboxylic acids is 2. The molecular weight excluding hydrogens is 380 g/mol. The highest BCUT2D eigenvalue weighted by Gasteiger charge is 2.16. The standard InChI is InChI=1S/C19H14N4O4S/c24-17-8-4-12-9-13(3-7-15(12)20-17)16-10-28-19(21-16)22-18(25)11-1-5-14(6-2-11)23(26)27/h1-3,5-7,9-10H,4,8H2,(H,20,24)(H,21,22,25). The first-order chi connectivity index (χ1) is 13.5. The van der Waals surface area contributed by atoms with E-state index in [1.165, 1.54) is 35.6 Å². The number of rotatable bonds is 4. The molecule has 0 unspecified atom stereocenters. The van der Waals surface area contributed by atoms with Crippen LogP contribution in [0.4, 0.5) is 16.5 Å². The van der Waals surface area contributed by atoms with Crippen molar-refractivity contribution in [2.75, 3.05) is 10.6 Å². The number of nitro benzene ring substituents is 1. The molecule has 0 bridgehead atoms. The Morgan fingerprint density at radius 3 is 2.71 bits per heavy atom. The van der Waals surface area contributed by atoms with Gasteiger partial charge < -0.3 is 5.32 Å². The van der Waals surface area contributed by atoms with Crippen LogP contribution in [0.3, 0.4) is 0 Å². The smallest absolute Gasteiger partial charge is 0.269 e. The van der Waals surface area contributed by atoms with E-state index in [2.05, 4.69) is 15.6 Å². The van der Waals surface area contributed by atoms with Crippen LogP contribution in [-0.2, 0) is 11.2 Å². The molecule has 3 aromatic rings. The molecule has 0 spiro atoms. The Morgan fingerprint density at radius 1 is 1.18 bits per heavy atom. The highest BCUT2D eigenvalue weighted by atomic mass is 32.1. The van der Waals surface area contributed by atoms with Crippen molar-refractivity contribution in [1.82, 2.24) is 4.98 Å². The maximum Gasteiger partial charge on any atom is 0.269 e. The van der Waals surface area contributed by atoms with Gasteiger partial charge in [-0.25, -0.2) is 4.98 Å². The van der Waals surface area contributed by atoms with Crippen LogP contribution in [0.25, 0.3) is 11.3 Å². The third-order valence-corrected chi connectivity index (χ3v) is 5.12. The van der Waals surface area contributed by atoms with Gasteiger partial charge in [-0.1, -0.05) is 6.07 Å². The fourth-order valence-corrected chi connectivity index (χ4v) is 3.63. The zero-order chi connectivity index (χ0) is 19.7. The summed E-state index contributed by atoms with van der Waals surface area (Å²) in [7, 11) is 0. The van der Waals surface area contributed by atoms with Crippen molar-refractivity contribution in [3.8, 4) is 11.3 Å². The number of hydrogen-bond acceptors (Lipinski definition) is 6. The molecule has 0 atom stereocenters. The second kappa shape index (κ2) is 7.20. The van der Waals surface area contributed by atoms with E-state index in [0.29, 0.717) is 23.5 Å². The van der Waals surface area contributed by atoms with E-state index in [-0.39, 0.29) is 17.5 Å². The first-order valence-corrected chi connectivity index (χ1v) is 9.32. The van der Waals surface area contributed by atoms with Gasteiger partial charge in [0.15, 0.2) is 5.13 Å². The number of nitro groups is 1. The second-order valence-corrected chi connectivity index (χ2v) is 7.07. The summed E-state index contributed by atoms with van der Waals surface area (Å²) in [5.74, 6) is -0.367. The number of benzene rings is 2. The number of aryl methyl sites for hydroxylation is 1. The van der Waals surface area contributed by atoms with E-state index in [0.717, 1.165) is 22.5 Å². The topological polar surface area (TPSA) is 114 Å². The Balaban J connectivity index is 1.49. The molecule has 2 heterocycles. The van der Waals surface area contributed by atoms with Crippen molar-refractivity contribution in [3.05, 3.63) is 69.1 Å². The minimum atomic E-state index is -0.515. The fourth-order valence-electron chi connectivity index (χ4n) is 2.91. The van der Waals surface area contributed by atoms with Gasteiger partial charge in [0.05, 0.1) is 10.6 Å². The molecule has 0 saturated carbocycles. The van der Waals surface area contributed by atoms with Crippen molar-refractivity contribution in [3.63, 3.8) is 0 Å². The largest absolute Gasteiger partial charge is 0.326 e. The number of amides is 2. The molecule has 8 nitrogen and oxygen atoms in total. The van der Waals surface area contributed by atoms with E-state index < -0.39 is 4.92 Å². The van der Waals surface area contributed by atoms with Crippen LogP contribution in [0.2, 0.25) is 0 Å². The molecule has 1 aromatic heterocycles. The molecule has 1 aliphatic heterocycles. The summed E-state index contributed by atoms with van der Waals surface area (Å²) in [5.41, 5.74) is 3.75. The van der Waals surface area contributed by atoms with E-state index >= 15 is 0 Å². The summed E-state index contributed by atoms with van der Waals surface area (Å²) >= 11 is 1.29. The lowest BCUT2D eigenvalue weighted by molar-refractivity contribution is -0.384. The number of hydrogen-bond donors (Lipinski definition) is 2. The fraction of sp³-hybridized carbons (Fsp3) is 0.105. The Hall–Kier alpha value is -3.59. The van der Waals surface area contributed by atoms with Crippen molar-refractivity contribution >= 4 is 39.7 Å². The van der Waals surface area contributed by atoms with Gasteiger partial charge in [-0.3, -0.25) is 25.0 Å². The van der Waals surface area contributed by atoms with E-state index in [9.17, 15) is 19.7 Å². The van der Waals surface area contributed by atoms with Gasteiger partial charge in [-0.2, -0.15) is 0 Å². The summed E-state index contributed by atoms with van der Waals surface area (Å²) in [6.45, 7) is 0. The van der Waals surface area contributed by atoms with Gasteiger partial charge in [-0.15, -0.1) is 11.3 Å². The Bertz CT molecular complexity index is 1090. The Morgan fingerprint density at radius 2 is 1.96 bits per heavy atom. The molecule has 0 fully saturated rings. The Kier molecular flexibility index (Phi) is 4.58. The summed E-state index contributed by atoms with van der Waals surface area (Å²) in [6, 6.07) is 11.1. The number of thiazole rings is 1. The predicted octanol–water partition coefficient (Wildman–Crippen LogP) is 3.86. The lowest BCUT2D eigenvalue weighted by atomic mass is 9.99. The van der Waals surface area contributed by atoms with E-state index in [4.69, 9.17) is 0 Å². The summed E-state index contributed by atoms with van der Waals surface area (Å²) in [6.07, 6.45) is 1.15. The highest BCUT2D eigenvalue weighted by Crippen LogP contribution is 2.30. The van der Waals surface area contributed by atoms with Gasteiger partial charge >= 0.3 is 0 Å². The quantitative estimate of drug-likeness (QED) is 0.515. The third kappa shape index (κ3) is 3.60. The van der Waals surface area contributed by atoms with Crippen LogP contribution in [0.1, 0.15) is 22.3 Å². The zero-order valence-electron chi connectivity index (χ0n) is 14.5. The molecule has 2 aromatic carbocycles. The number of anilines is 2. The molecule has 9 heteroatoms. The van der Waals surface area contributed by atoms with Crippen molar-refractivity contribution in [2.24, 2.45) is 0 Å². The molecule has 0 radical (unpaired) electrons. The SMILES string of the molecule is O=C1CCc2cc(-c3csc(NC(=O)c4ccc([N+](=O)[O-])cc4)n3)ccc2N1. The van der Waals surface area contributed by atoms with Gasteiger partial charge in [0.25, 0.3) is 11.6 Å². The number of aromatic nitrogens is 1. The van der Waals surface area contributed by atoms with Crippen molar-refractivity contribution in [2.45, 2.75) is 12.8 Å². The monoisotopic (exact) mass is 394 g/mol. The average molecular weight is 394 g/mol. The number of fused-ring (bicyclic) bond motifs is 1. The first-order valence-electron chi connectivity index (χ1n) is 8.44. The number of nitrogens with zero attached hydrogens (tertiary/aromatic N) is 2. The first kappa shape index (κ1) is 17.8. The maximum atomic E-state index is 12.3. The van der Waals surface area contributed by atoms with Gasteiger partial charge in [0.2, 0.25) is 5.91 Å². The molecule has 0 aliphatic carbocycles. The van der Waals surface area contributed by atoms with Crippen LogP contribution in [-0.4, -0.2) is 21.7 Å². The molecule has 2 N–H and O–H groups in total. The van der Waals surface area contributed by atoms with Gasteiger partial charge in [-0.05, 0) is 36.2 Å². The molecular formula is C19H14N4O4S. The van der Waals surface area contributed by atoms with Crippen molar-refractivity contribution in [1.29, 1.82) is 0 Å². The van der Waals surface area contributed by atoms with Crippen molar-refractivity contribution < 1.29 is 14.5 Å². The van der Waals surface area contributed by atoms with Crippen LogP contribution in [0.5, 0.6) is 0 Å². The molecule has 4 rings (SSSR count). The minimum Gasteiger partial charge on any atom is -0.326 e. The maximum absolute atomic E-state index is 12.3. The highest BCUT2D eigenvalue weighted by molar-refractivity contribution is 7.14. The second-order valence-electron chi connectivity index (χ2n) is 6.22. The average Bonchev–Trinajstić information content (AvgIpc) is 3.16. The van der Waals surface area contributed by atoms with E-state index in [1.54, 1.807) is 0 Å². The summed E-state index contributed by atoms with van der Waals surface area (Å²) in [5, 5.41) is 18.5. The normalized spacial score (nSPS) is 12.8. The molecule has 2 amide bonds. The minimum absolute atomic E-state index is 0.0187. The van der Waals surface area contributed by atoms with Gasteiger partial charge in [0.1, 0.15) is 0 Å². The molecule has 0 saturated heterocycles. The van der Waals surface area contributed by atoms with Crippen LogP contribution in [0, 0.1) is 10.1 Å². The zero-order valence-corrected chi connectivity index (χ0v) is 15.3. The third-order valence-electron chi connectivity index (χ3n) is 4.36. The number of nitrogens with one attached hydrogen (secondary N) is 2. The Labute approximate surface area is 163 Å². The number of carbonyl (C=O) groups is 2. The summed E-state index contributed by atoms with van der Waals surface area (Å²) in [4.78, 5) is 38.4. The number of non-ortho nitro benzene ring substituents is 1. The van der Waals surface area contributed by atoms with Crippen LogP contribution >= 0.6 is 11.3 Å². The van der Waals surface area contributed by atoms with Crippen LogP contribution in [0.15, 0.2) is 47.8 Å². The summed E-state index contributed by atoms with van der Waals surface area (Å²) < 4.78 is 0. The molecule has 28 heavy (non-hydrogen) atoms. The predicted molar refractivity (Wildman–Crippen MR) is 106 cm³/mol. The van der Waals surface area contributed by atoms with Gasteiger partial charge in [0, 0.05) is 40.7 Å². The molecule has 1 aliphatic rings. The van der Waals surface area contributed by atoms with Crippen LogP contribution < -0.4 is 10.6 Å². The van der Waals surface area contributed by atoms with E-state index in [1.807, 2.05) is 23.6 Å². The lowest BCUT2D eigenvalue weighted by Gasteiger charge is -2.17. The molecule has 140 valence electrons. The lowest BCUT2D eigenvalue weighted by Crippen LogP contribution is -2.18.